The third-order valence-corrected chi connectivity index (χ3v) is 5.16. The highest BCUT2D eigenvalue weighted by Gasteiger charge is 2.10. The lowest BCUT2D eigenvalue weighted by atomic mass is 10.0. The van der Waals surface area contributed by atoms with E-state index in [1.54, 1.807) is 24.3 Å². The molecule has 4 aromatic rings. The summed E-state index contributed by atoms with van der Waals surface area (Å²) in [5, 5.41) is 15.4. The number of aromatic carboxylic acids is 1. The van der Waals surface area contributed by atoms with E-state index >= 15 is 0 Å². The van der Waals surface area contributed by atoms with E-state index in [9.17, 15) is 4.79 Å². The molecule has 2 N–H and O–H groups in total. The van der Waals surface area contributed by atoms with Crippen LogP contribution in [0.15, 0.2) is 84.9 Å². The smallest absolute Gasteiger partial charge is 0.335 e. The molecule has 0 radical (unpaired) electrons. The van der Waals surface area contributed by atoms with Gasteiger partial charge >= 0.3 is 5.97 Å². The molecule has 0 spiro atoms. The van der Waals surface area contributed by atoms with Gasteiger partial charge in [-0.05, 0) is 58.8 Å². The van der Waals surface area contributed by atoms with Crippen LogP contribution in [0.5, 0.6) is 5.75 Å². The molecule has 0 aliphatic heterocycles. The van der Waals surface area contributed by atoms with Gasteiger partial charge in [0.1, 0.15) is 12.4 Å². The molecule has 4 nitrogen and oxygen atoms in total. The van der Waals surface area contributed by atoms with Gasteiger partial charge in [-0.3, -0.25) is 0 Å². The number of carbonyl (C=O) groups is 1. The fraction of sp³-hybridized carbons (Fsp3) is 0.0800. The molecule has 0 saturated carbocycles. The van der Waals surface area contributed by atoms with Crippen LogP contribution in [-0.2, 0) is 13.2 Å². The highest BCUT2D eigenvalue weighted by molar-refractivity contribution is 6.30. The summed E-state index contributed by atoms with van der Waals surface area (Å²) in [7, 11) is 0. The number of benzene rings is 4. The molecule has 0 bridgehead atoms. The van der Waals surface area contributed by atoms with Gasteiger partial charge in [0.05, 0.1) is 5.56 Å². The van der Waals surface area contributed by atoms with Gasteiger partial charge in [0.25, 0.3) is 0 Å². The van der Waals surface area contributed by atoms with Gasteiger partial charge in [-0.25, -0.2) is 4.79 Å². The second-order valence-electron chi connectivity index (χ2n) is 6.91. The van der Waals surface area contributed by atoms with Crippen LogP contribution in [0.25, 0.3) is 10.8 Å². The quantitative estimate of drug-likeness (QED) is 0.366. The van der Waals surface area contributed by atoms with E-state index < -0.39 is 5.97 Å². The van der Waals surface area contributed by atoms with Gasteiger partial charge in [0, 0.05) is 22.8 Å². The first kappa shape index (κ1) is 19.8. The summed E-state index contributed by atoms with van der Waals surface area (Å²) in [6, 6.07) is 26.5. The van der Waals surface area contributed by atoms with Crippen molar-refractivity contribution in [2.45, 2.75) is 13.2 Å². The molecular weight excluding hydrogens is 398 g/mol. The first-order chi connectivity index (χ1) is 14.6. The average Bonchev–Trinajstić information content (AvgIpc) is 2.77. The van der Waals surface area contributed by atoms with Crippen molar-refractivity contribution < 1.29 is 14.6 Å². The van der Waals surface area contributed by atoms with Gasteiger partial charge < -0.3 is 15.2 Å². The van der Waals surface area contributed by atoms with Crippen LogP contribution in [-0.4, -0.2) is 11.1 Å². The number of ether oxygens (including phenoxy) is 1. The van der Waals surface area contributed by atoms with E-state index in [1.165, 1.54) is 0 Å². The van der Waals surface area contributed by atoms with E-state index in [0.717, 1.165) is 33.3 Å². The van der Waals surface area contributed by atoms with Crippen LogP contribution in [0.4, 0.5) is 5.69 Å². The molecule has 0 aromatic heterocycles. The largest absolute Gasteiger partial charge is 0.489 e. The van der Waals surface area contributed by atoms with Gasteiger partial charge in [0.2, 0.25) is 0 Å². The lowest BCUT2D eigenvalue weighted by molar-refractivity contribution is 0.0697. The third-order valence-electron chi connectivity index (χ3n) is 4.91. The Labute approximate surface area is 179 Å². The lowest BCUT2D eigenvalue weighted by Crippen LogP contribution is -2.05. The molecule has 30 heavy (non-hydrogen) atoms. The zero-order chi connectivity index (χ0) is 20.9. The normalized spacial score (nSPS) is 10.7. The second-order valence-corrected chi connectivity index (χ2v) is 7.35. The number of fused-ring (bicyclic) bond motifs is 1. The van der Waals surface area contributed by atoms with Gasteiger partial charge in [-0.1, -0.05) is 54.1 Å². The summed E-state index contributed by atoms with van der Waals surface area (Å²) in [4.78, 5) is 11.0. The van der Waals surface area contributed by atoms with Crippen LogP contribution in [0.3, 0.4) is 0 Å². The number of carboxylic acid groups (broad SMARTS) is 1. The molecule has 0 unspecified atom stereocenters. The Morgan fingerprint density at radius 2 is 1.63 bits per heavy atom. The van der Waals surface area contributed by atoms with Gasteiger partial charge in [-0.2, -0.15) is 0 Å². The Kier molecular flexibility index (Phi) is 5.87. The summed E-state index contributed by atoms with van der Waals surface area (Å²) in [5.41, 5.74) is 3.19. The number of anilines is 1. The van der Waals surface area contributed by atoms with E-state index in [1.807, 2.05) is 42.5 Å². The topological polar surface area (TPSA) is 58.6 Å². The van der Waals surface area contributed by atoms with Crippen molar-refractivity contribution in [2.24, 2.45) is 0 Å². The van der Waals surface area contributed by atoms with E-state index in [-0.39, 0.29) is 5.56 Å². The standard InChI is InChI=1S/C25H20ClNO3/c26-20-10-5-17(6-11-20)16-30-24-14-9-18-3-1-2-4-22(18)23(24)15-27-21-12-7-19(8-13-21)25(28)29/h1-14,27H,15-16H2,(H,28,29). The van der Waals surface area contributed by atoms with Gasteiger partial charge in [-0.15, -0.1) is 0 Å². The van der Waals surface area contributed by atoms with Crippen LogP contribution >= 0.6 is 11.6 Å². The Morgan fingerprint density at radius 3 is 2.37 bits per heavy atom. The summed E-state index contributed by atoms with van der Waals surface area (Å²) in [5.74, 6) is -0.133. The molecule has 0 saturated heterocycles. The third kappa shape index (κ3) is 4.56. The van der Waals surface area contributed by atoms with Crippen molar-refractivity contribution in [2.75, 3.05) is 5.32 Å². The van der Waals surface area contributed by atoms with Crippen LogP contribution in [0.1, 0.15) is 21.5 Å². The van der Waals surface area contributed by atoms with Crippen molar-refractivity contribution in [3.8, 4) is 5.75 Å². The van der Waals surface area contributed by atoms with Crippen molar-refractivity contribution in [3.63, 3.8) is 0 Å². The molecule has 0 amide bonds. The SMILES string of the molecule is O=C(O)c1ccc(NCc2c(OCc3ccc(Cl)cc3)ccc3ccccc23)cc1. The Morgan fingerprint density at radius 1 is 0.900 bits per heavy atom. The van der Waals surface area contributed by atoms with Gasteiger partial charge in [0.15, 0.2) is 0 Å². The zero-order valence-electron chi connectivity index (χ0n) is 16.1. The monoisotopic (exact) mass is 417 g/mol. The van der Waals surface area contributed by atoms with Crippen molar-refractivity contribution >= 4 is 34.0 Å². The number of rotatable bonds is 7. The number of carboxylic acids is 1. The second kappa shape index (κ2) is 8.89. The number of nitrogens with one attached hydrogen (secondary N) is 1. The van der Waals surface area contributed by atoms with Crippen molar-refractivity contribution in [1.29, 1.82) is 0 Å². The molecule has 0 atom stereocenters. The van der Waals surface area contributed by atoms with E-state index in [2.05, 4.69) is 23.5 Å². The average molecular weight is 418 g/mol. The first-order valence-corrected chi connectivity index (χ1v) is 9.93. The molecular formula is C25H20ClNO3. The maximum absolute atomic E-state index is 11.0. The summed E-state index contributed by atoms with van der Waals surface area (Å²) < 4.78 is 6.15. The fourth-order valence-corrected chi connectivity index (χ4v) is 3.42. The van der Waals surface area contributed by atoms with Crippen LogP contribution in [0.2, 0.25) is 5.02 Å². The maximum atomic E-state index is 11.0. The molecule has 0 aliphatic rings. The Balaban J connectivity index is 1.58. The van der Waals surface area contributed by atoms with Crippen molar-refractivity contribution in [1.82, 2.24) is 0 Å². The molecule has 0 heterocycles. The maximum Gasteiger partial charge on any atom is 0.335 e. The Bertz CT molecular complexity index is 1170. The minimum absolute atomic E-state index is 0.262. The fourth-order valence-electron chi connectivity index (χ4n) is 3.30. The van der Waals surface area contributed by atoms with E-state index in [4.69, 9.17) is 21.4 Å². The molecule has 0 aliphatic carbocycles. The summed E-state index contributed by atoms with van der Waals surface area (Å²) in [6.07, 6.45) is 0. The molecule has 5 heteroatoms. The predicted octanol–water partition coefficient (Wildman–Crippen LogP) is 6.38. The molecule has 0 fully saturated rings. The summed E-state index contributed by atoms with van der Waals surface area (Å²) >= 11 is 5.96. The van der Waals surface area contributed by atoms with Crippen molar-refractivity contribution in [3.05, 3.63) is 107 Å². The zero-order valence-corrected chi connectivity index (χ0v) is 16.9. The van der Waals surface area contributed by atoms with Crippen LogP contribution in [0, 0.1) is 0 Å². The predicted molar refractivity (Wildman–Crippen MR) is 120 cm³/mol. The number of hydrogen-bond acceptors (Lipinski definition) is 3. The van der Waals surface area contributed by atoms with E-state index in [0.29, 0.717) is 18.2 Å². The Hall–Kier alpha value is -3.50. The minimum atomic E-state index is -0.937. The lowest BCUT2D eigenvalue weighted by Gasteiger charge is -2.16. The highest BCUT2D eigenvalue weighted by Crippen LogP contribution is 2.30. The highest BCUT2D eigenvalue weighted by atomic mass is 35.5. The molecule has 4 rings (SSSR count). The number of halogens is 1. The first-order valence-electron chi connectivity index (χ1n) is 9.55. The number of hydrogen-bond donors (Lipinski definition) is 2. The molecule has 4 aromatic carbocycles. The van der Waals surface area contributed by atoms with Crippen LogP contribution < -0.4 is 10.1 Å². The molecule has 150 valence electrons. The minimum Gasteiger partial charge on any atom is -0.489 e. The summed E-state index contributed by atoms with van der Waals surface area (Å²) in [6.45, 7) is 0.986.